The second-order valence-electron chi connectivity index (χ2n) is 6.02. The first-order valence-electron chi connectivity index (χ1n) is 7.63. The maximum atomic E-state index is 9.96. The predicted octanol–water partition coefficient (Wildman–Crippen LogP) is 2.39. The first kappa shape index (κ1) is 15.1. The molecule has 0 amide bonds. The number of hydrogen-bond donors (Lipinski definition) is 3. The molecule has 3 N–H and O–H groups in total. The summed E-state index contributed by atoms with van der Waals surface area (Å²) in [7, 11) is 1.52. The van der Waals surface area contributed by atoms with Crippen molar-refractivity contribution in [1.29, 1.82) is 0 Å². The van der Waals surface area contributed by atoms with Crippen LogP contribution in [0.3, 0.4) is 0 Å². The molecule has 5 nitrogen and oxygen atoms in total. The molecule has 0 aromatic heterocycles. The minimum Gasteiger partial charge on any atom is -0.504 e. The Balaban J connectivity index is 1.52. The van der Waals surface area contributed by atoms with E-state index in [1.165, 1.54) is 39.0 Å². The standard InChI is InChI=1S/C16H21N3O2S/c1-21-14-4-2-3-12(15(14)20)9-17-19-16(22)18-13-8-10-5-6-11(13)7-10/h2-4,9-11,13,20H,5-8H2,1H3,(H2,18,19,22)/b17-9-/t10-,11+,13-/m0/s1. The van der Waals surface area contributed by atoms with Crippen LogP contribution in [-0.4, -0.2) is 29.6 Å². The van der Waals surface area contributed by atoms with Crippen LogP contribution in [0, 0.1) is 11.8 Å². The first-order chi connectivity index (χ1) is 10.7. The van der Waals surface area contributed by atoms with Crippen LogP contribution in [0.15, 0.2) is 23.3 Å². The summed E-state index contributed by atoms with van der Waals surface area (Å²) >= 11 is 5.28. The van der Waals surface area contributed by atoms with Gasteiger partial charge < -0.3 is 15.2 Å². The number of para-hydroxylation sites is 1. The largest absolute Gasteiger partial charge is 0.504 e. The van der Waals surface area contributed by atoms with Crippen LogP contribution in [-0.2, 0) is 0 Å². The van der Waals surface area contributed by atoms with Crippen LogP contribution in [0.25, 0.3) is 0 Å². The molecule has 3 atom stereocenters. The van der Waals surface area contributed by atoms with Gasteiger partial charge in [0.25, 0.3) is 0 Å². The van der Waals surface area contributed by atoms with E-state index in [2.05, 4.69) is 15.8 Å². The molecule has 2 aliphatic rings. The molecule has 118 valence electrons. The lowest BCUT2D eigenvalue weighted by atomic mass is 9.96. The highest BCUT2D eigenvalue weighted by molar-refractivity contribution is 7.80. The van der Waals surface area contributed by atoms with E-state index < -0.39 is 0 Å². The van der Waals surface area contributed by atoms with Gasteiger partial charge in [-0.2, -0.15) is 5.10 Å². The second kappa shape index (κ2) is 6.52. The molecule has 0 saturated heterocycles. The van der Waals surface area contributed by atoms with Gasteiger partial charge in [-0.15, -0.1) is 0 Å². The first-order valence-corrected chi connectivity index (χ1v) is 8.03. The lowest BCUT2D eigenvalue weighted by Crippen LogP contribution is -2.42. The Hall–Kier alpha value is -1.82. The van der Waals surface area contributed by atoms with E-state index in [4.69, 9.17) is 17.0 Å². The van der Waals surface area contributed by atoms with Crippen molar-refractivity contribution in [2.75, 3.05) is 7.11 Å². The molecule has 1 aromatic rings. The highest BCUT2D eigenvalue weighted by Gasteiger charge is 2.39. The van der Waals surface area contributed by atoms with Gasteiger partial charge in [0.2, 0.25) is 0 Å². The molecule has 0 radical (unpaired) electrons. The molecule has 2 bridgehead atoms. The van der Waals surface area contributed by atoms with Crippen molar-refractivity contribution in [1.82, 2.24) is 10.7 Å². The number of phenols is 1. The van der Waals surface area contributed by atoms with Gasteiger partial charge in [-0.05, 0) is 55.4 Å². The highest BCUT2D eigenvalue weighted by atomic mass is 32.1. The van der Waals surface area contributed by atoms with Gasteiger partial charge in [0, 0.05) is 11.6 Å². The third kappa shape index (κ3) is 3.16. The Morgan fingerprint density at radius 2 is 2.27 bits per heavy atom. The summed E-state index contributed by atoms with van der Waals surface area (Å²) in [5, 5.41) is 17.9. The van der Waals surface area contributed by atoms with Crippen LogP contribution in [0.5, 0.6) is 11.5 Å². The molecule has 3 rings (SSSR count). The zero-order valence-corrected chi connectivity index (χ0v) is 13.4. The summed E-state index contributed by atoms with van der Waals surface area (Å²) in [6.07, 6.45) is 6.77. The molecule has 2 saturated carbocycles. The minimum absolute atomic E-state index is 0.0718. The number of methoxy groups -OCH3 is 1. The lowest BCUT2D eigenvalue weighted by molar-refractivity contribution is 0.373. The Morgan fingerprint density at radius 3 is 2.95 bits per heavy atom. The lowest BCUT2D eigenvalue weighted by Gasteiger charge is -2.23. The number of rotatable bonds is 4. The summed E-state index contributed by atoms with van der Waals surface area (Å²) in [5.74, 6) is 2.13. The van der Waals surface area contributed by atoms with Gasteiger partial charge in [0.05, 0.1) is 13.3 Å². The Kier molecular flexibility index (Phi) is 4.47. The van der Waals surface area contributed by atoms with Gasteiger partial charge in [0.1, 0.15) is 0 Å². The van der Waals surface area contributed by atoms with E-state index in [1.807, 2.05) is 0 Å². The van der Waals surface area contributed by atoms with Crippen molar-refractivity contribution >= 4 is 23.5 Å². The van der Waals surface area contributed by atoms with Gasteiger partial charge in [0.15, 0.2) is 16.6 Å². The monoisotopic (exact) mass is 319 g/mol. The van der Waals surface area contributed by atoms with Crippen molar-refractivity contribution in [3.8, 4) is 11.5 Å². The number of ether oxygens (including phenoxy) is 1. The van der Waals surface area contributed by atoms with E-state index >= 15 is 0 Å². The average Bonchev–Trinajstić information content (AvgIpc) is 3.11. The van der Waals surface area contributed by atoms with Crippen molar-refractivity contribution < 1.29 is 9.84 Å². The van der Waals surface area contributed by atoms with Crippen LogP contribution in [0.4, 0.5) is 0 Å². The summed E-state index contributed by atoms with van der Waals surface area (Å²) in [5.41, 5.74) is 3.40. The minimum atomic E-state index is 0.0718. The topological polar surface area (TPSA) is 65.9 Å². The maximum absolute atomic E-state index is 9.96. The Morgan fingerprint density at radius 1 is 1.41 bits per heavy atom. The number of benzene rings is 1. The number of phenolic OH excluding ortho intramolecular Hbond substituents is 1. The van der Waals surface area contributed by atoms with E-state index in [-0.39, 0.29) is 5.75 Å². The number of nitrogens with zero attached hydrogens (tertiary/aromatic N) is 1. The van der Waals surface area contributed by atoms with Gasteiger partial charge in [-0.3, -0.25) is 5.43 Å². The molecule has 0 aliphatic heterocycles. The number of nitrogens with one attached hydrogen (secondary N) is 2. The molecular formula is C16H21N3O2S. The van der Waals surface area contributed by atoms with Crippen LogP contribution in [0.1, 0.15) is 31.2 Å². The van der Waals surface area contributed by atoms with Crippen LogP contribution in [0.2, 0.25) is 0 Å². The average molecular weight is 319 g/mol. The van der Waals surface area contributed by atoms with E-state index in [9.17, 15) is 5.11 Å². The fraction of sp³-hybridized carbons (Fsp3) is 0.500. The number of hydrogen-bond acceptors (Lipinski definition) is 4. The number of fused-ring (bicyclic) bond motifs is 2. The van der Waals surface area contributed by atoms with Crippen LogP contribution >= 0.6 is 12.2 Å². The fourth-order valence-corrected chi connectivity index (χ4v) is 3.79. The highest BCUT2D eigenvalue weighted by Crippen LogP contribution is 2.44. The maximum Gasteiger partial charge on any atom is 0.187 e. The third-order valence-electron chi connectivity index (χ3n) is 4.67. The second-order valence-corrected chi connectivity index (χ2v) is 6.43. The molecule has 22 heavy (non-hydrogen) atoms. The molecule has 0 spiro atoms. The summed E-state index contributed by atoms with van der Waals surface area (Å²) in [6.45, 7) is 0. The van der Waals surface area contributed by atoms with Crippen molar-refractivity contribution in [2.45, 2.75) is 31.7 Å². The van der Waals surface area contributed by atoms with Gasteiger partial charge >= 0.3 is 0 Å². The van der Waals surface area contributed by atoms with Gasteiger partial charge in [-0.1, -0.05) is 12.5 Å². The molecule has 2 aliphatic carbocycles. The predicted molar refractivity (Wildman–Crippen MR) is 90.4 cm³/mol. The molecule has 0 heterocycles. The Labute approximate surface area is 135 Å². The molecular weight excluding hydrogens is 298 g/mol. The van der Waals surface area contributed by atoms with E-state index in [1.54, 1.807) is 18.2 Å². The quantitative estimate of drug-likeness (QED) is 0.452. The number of hydrazone groups is 1. The molecule has 0 unspecified atom stereocenters. The number of aromatic hydroxyl groups is 1. The summed E-state index contributed by atoms with van der Waals surface area (Å²) in [4.78, 5) is 0. The van der Waals surface area contributed by atoms with Crippen LogP contribution < -0.4 is 15.5 Å². The zero-order valence-electron chi connectivity index (χ0n) is 12.6. The zero-order chi connectivity index (χ0) is 15.5. The van der Waals surface area contributed by atoms with Crippen molar-refractivity contribution in [3.05, 3.63) is 23.8 Å². The molecule has 6 heteroatoms. The summed E-state index contributed by atoms with van der Waals surface area (Å²) in [6, 6.07) is 5.74. The summed E-state index contributed by atoms with van der Waals surface area (Å²) < 4.78 is 5.06. The van der Waals surface area contributed by atoms with E-state index in [0.29, 0.717) is 22.5 Å². The molecule has 2 fully saturated rings. The van der Waals surface area contributed by atoms with E-state index in [0.717, 1.165) is 11.8 Å². The number of thiocarbonyl (C=S) groups is 1. The Bertz CT molecular complexity index is 591. The third-order valence-corrected chi connectivity index (χ3v) is 4.88. The smallest absolute Gasteiger partial charge is 0.187 e. The SMILES string of the molecule is COc1cccc(/C=N\NC(=S)N[C@H]2C[C@H]3CC[C@@H]2C3)c1O. The molecule has 1 aromatic carbocycles. The normalized spacial score (nSPS) is 26.3. The van der Waals surface area contributed by atoms with Crippen molar-refractivity contribution in [3.63, 3.8) is 0 Å². The van der Waals surface area contributed by atoms with Gasteiger partial charge in [-0.25, -0.2) is 0 Å². The van der Waals surface area contributed by atoms with Crippen molar-refractivity contribution in [2.24, 2.45) is 16.9 Å². The fourth-order valence-electron chi connectivity index (χ4n) is 3.59.